The van der Waals surface area contributed by atoms with Crippen LogP contribution in [0.15, 0.2) is 171 Å². The van der Waals surface area contributed by atoms with E-state index in [-0.39, 0.29) is 11.9 Å². The van der Waals surface area contributed by atoms with Gasteiger partial charge in [0, 0.05) is 115 Å². The standard InChI is InChI=1S/C25H32N6.C21H26N2O.C20H21FN4.C12H16N2.C8H6ClFN2.C5H12N2/c1-28-13-15-29(16-14-28)23-8-2-7-22-27-21(18-31(22)23)17-30-12-4-6-20-10-9-19-5-3-11-26-24(19)25(20)30;1-15(16-9-11-19(24-2)12-10-16)23-14-4-6-18-8-7-17-5-3-13-22-20(17)21(18)23;21-17-6-1-7-18-23-16(13-25(17)18)12-24-11-3-5-15-9-8-14-4-2-10-22-19(14)20(15)24;1-3-9-5-6-10-4-2-8-14-12(10)11(9)13-7-1;9-4-6-5-12-7(10)2-1-3-8(12)11-6;1-7-4-2-6-3-5-7/h2-3,5,7-8,11,18,20,25H,4,6,9-10,12-17H2,1H3;3,5,9-13,15,18,21H,4,6-8,14H2,1-2H3;1-2,4,6-7,10,13,15,20H,3,5,8-9,11-12H2;1,3,7,10,12,14H,2,4-6,8H2;1-3,5H,4H2;6H,2-5H2,1H3/t20-,25-;15-,18-,21-;15-,20-;10-,12-;;/m0000../s1. The van der Waals surface area contributed by atoms with E-state index in [9.17, 15) is 8.78 Å². The third-order valence-electron chi connectivity index (χ3n) is 25.7. The maximum absolute atomic E-state index is 13.9. The van der Waals surface area contributed by atoms with Crippen LogP contribution in [0.4, 0.5) is 14.6 Å². The van der Waals surface area contributed by atoms with Gasteiger partial charge < -0.3 is 30.1 Å². The zero-order valence-corrected chi connectivity index (χ0v) is 67.2. The summed E-state index contributed by atoms with van der Waals surface area (Å²) in [6.45, 7) is 17.6. The average molecular weight is 1550 g/mol. The molecule has 0 bridgehead atoms. The number of halogens is 3. The second-order valence-electron chi connectivity index (χ2n) is 32.8. The lowest BCUT2D eigenvalue weighted by Crippen LogP contribution is -2.45. The van der Waals surface area contributed by atoms with Crippen LogP contribution >= 0.6 is 11.6 Å². The summed E-state index contributed by atoms with van der Waals surface area (Å²) >= 11 is 5.55. The van der Waals surface area contributed by atoms with E-state index in [1.165, 1.54) is 192 Å². The molecule has 0 amide bonds. The first-order chi connectivity index (χ1) is 55.5. The summed E-state index contributed by atoms with van der Waals surface area (Å²) < 4.78 is 37.5. The molecule has 0 saturated carbocycles. The highest BCUT2D eigenvalue weighted by atomic mass is 35.5. The van der Waals surface area contributed by atoms with E-state index < -0.39 is 0 Å². The molecule has 6 saturated heterocycles. The third-order valence-corrected chi connectivity index (χ3v) is 26.0. The van der Waals surface area contributed by atoms with Gasteiger partial charge in [0.05, 0.1) is 77.0 Å². The number of hydrogen-bond acceptors (Lipinski definition) is 16. The summed E-state index contributed by atoms with van der Waals surface area (Å²) in [5.74, 6) is 4.90. The molecule has 0 unspecified atom stereocenters. The van der Waals surface area contributed by atoms with Crippen LogP contribution in [0.1, 0.15) is 182 Å². The van der Waals surface area contributed by atoms with Gasteiger partial charge in [0.15, 0.2) is 11.9 Å². The van der Waals surface area contributed by atoms with Crippen LogP contribution in [0.2, 0.25) is 0 Å². The molecule has 4 aliphatic carbocycles. The van der Waals surface area contributed by atoms with Crippen LogP contribution in [0.3, 0.4) is 0 Å². The van der Waals surface area contributed by atoms with Crippen molar-refractivity contribution in [3.05, 3.63) is 250 Å². The minimum absolute atomic E-state index is 0.266. The SMILES string of the molecule is CN1CCN(c2cccc3nc(CN4CCC[C@H]5CCc6cccnc6[C@H]54)cn23)CC1.CN1CCNCC1.COc1ccc([C@H](C)N2CCC[C@H]3CCc4cccnc4[C@H]32)cc1.Fc1cccc2nc(CCl)cn12.Fc1cccc2nc(CN3CCC[C@H]4CCc5cccnc5[C@H]43)cn12.c1cnc2c(c1)CC[C@@H]1CCCN[C@H]21. The van der Waals surface area contributed by atoms with Crippen LogP contribution in [-0.2, 0) is 44.7 Å². The highest BCUT2D eigenvalue weighted by Crippen LogP contribution is 2.48. The predicted molar refractivity (Wildman–Crippen MR) is 444 cm³/mol. The second kappa shape index (κ2) is 36.9. The number of likely N-dealkylation sites (N-methyl/N-ethyl adjacent to an activating group) is 2. The monoisotopic (exact) mass is 1550 g/mol. The average Bonchev–Trinajstić information content (AvgIpc) is 1.78. The van der Waals surface area contributed by atoms with Crippen LogP contribution in [0.5, 0.6) is 5.75 Å². The number of nitrogens with one attached hydrogen (secondary N) is 2. The summed E-state index contributed by atoms with van der Waals surface area (Å²) in [6.07, 6.45) is 33.8. The van der Waals surface area contributed by atoms with Crippen molar-refractivity contribution >= 4 is 34.4 Å². The molecular weight excluding hydrogens is 1430 g/mol. The number of likely N-dealkylation sites (tertiary alicyclic amines) is 3. The second-order valence-corrected chi connectivity index (χ2v) is 33.1. The van der Waals surface area contributed by atoms with Crippen molar-refractivity contribution in [2.24, 2.45) is 23.7 Å². The minimum atomic E-state index is -0.323. The molecule has 9 atom stereocenters. The van der Waals surface area contributed by atoms with Crippen LogP contribution < -0.4 is 20.3 Å². The first-order valence-corrected chi connectivity index (χ1v) is 42.5. The molecule has 21 rings (SSSR count). The molecule has 10 aromatic heterocycles. The molecule has 1 aromatic carbocycles. The summed E-state index contributed by atoms with van der Waals surface area (Å²) in [5.41, 5.74) is 17.4. The van der Waals surface area contributed by atoms with Crippen molar-refractivity contribution in [2.75, 3.05) is 105 Å². The molecule has 10 aliphatic rings. The number of nitrogens with zero attached hydrogens (tertiary/aromatic N) is 16. The van der Waals surface area contributed by atoms with Gasteiger partial charge in [0.2, 0.25) is 0 Å². The van der Waals surface area contributed by atoms with Crippen molar-refractivity contribution in [3.63, 3.8) is 0 Å². The zero-order valence-electron chi connectivity index (χ0n) is 66.5. The number of rotatable bonds is 9. The molecule has 2 N–H and O–H groups in total. The number of hydrogen-bond donors (Lipinski definition) is 2. The third kappa shape index (κ3) is 18.1. The Morgan fingerprint density at radius 1 is 0.451 bits per heavy atom. The van der Waals surface area contributed by atoms with E-state index >= 15 is 0 Å². The summed E-state index contributed by atoms with van der Waals surface area (Å²) in [5, 5.41) is 6.89. The van der Waals surface area contributed by atoms with Crippen LogP contribution in [0, 0.1) is 35.6 Å². The lowest BCUT2D eigenvalue weighted by atomic mass is 9.76. The molecule has 594 valence electrons. The smallest absolute Gasteiger partial charge is 0.199 e. The van der Waals surface area contributed by atoms with Gasteiger partial charge in [0.25, 0.3) is 0 Å². The van der Waals surface area contributed by atoms with Gasteiger partial charge >= 0.3 is 0 Å². The zero-order chi connectivity index (χ0) is 77.2. The molecule has 0 radical (unpaired) electrons. The number of benzene rings is 1. The van der Waals surface area contributed by atoms with E-state index in [1.54, 1.807) is 31.5 Å². The van der Waals surface area contributed by atoms with Crippen molar-refractivity contribution in [2.45, 2.75) is 159 Å². The Bertz CT molecular complexity index is 4920. The quantitative estimate of drug-likeness (QED) is 0.104. The van der Waals surface area contributed by atoms with Gasteiger partial charge in [-0.3, -0.25) is 47.8 Å². The first-order valence-electron chi connectivity index (χ1n) is 42.0. The molecule has 0 spiro atoms. The fraction of sp³-hybridized carbons (Fsp3) is 0.484. The maximum atomic E-state index is 13.9. The van der Waals surface area contributed by atoms with Crippen LogP contribution in [-0.4, -0.2) is 172 Å². The summed E-state index contributed by atoms with van der Waals surface area (Å²) in [7, 11) is 6.08. The van der Waals surface area contributed by atoms with Gasteiger partial charge in [0.1, 0.15) is 28.5 Å². The lowest BCUT2D eigenvalue weighted by Gasteiger charge is -2.47. The van der Waals surface area contributed by atoms with E-state index in [0.717, 1.165) is 120 Å². The molecule has 16 heterocycles. The van der Waals surface area contributed by atoms with Crippen molar-refractivity contribution in [1.82, 2.24) is 83.2 Å². The van der Waals surface area contributed by atoms with Crippen molar-refractivity contribution in [3.8, 4) is 5.75 Å². The Morgan fingerprint density at radius 3 is 1.42 bits per heavy atom. The molecule has 11 aromatic rings. The molecule has 6 aliphatic heterocycles. The molecule has 22 heteroatoms. The highest BCUT2D eigenvalue weighted by molar-refractivity contribution is 6.16. The highest BCUT2D eigenvalue weighted by Gasteiger charge is 2.42. The Morgan fingerprint density at radius 2 is 0.903 bits per heavy atom. The van der Waals surface area contributed by atoms with Gasteiger partial charge in [-0.25, -0.2) is 15.0 Å². The summed E-state index contributed by atoms with van der Waals surface area (Å²) in [4.78, 5) is 47.7. The first kappa shape index (κ1) is 78.3. The number of piperazine rings is 2. The van der Waals surface area contributed by atoms with Crippen molar-refractivity contribution in [1.29, 1.82) is 0 Å². The number of alkyl halides is 1. The van der Waals surface area contributed by atoms with E-state index in [0.29, 0.717) is 59.0 Å². The molecular formula is C91H113ClF2N18O. The van der Waals surface area contributed by atoms with Gasteiger partial charge in [-0.15, -0.1) is 11.6 Å². The number of fused-ring (bicyclic) bond motifs is 15. The molecule has 19 nitrogen and oxygen atoms in total. The van der Waals surface area contributed by atoms with Crippen LogP contribution in [0.25, 0.3) is 16.9 Å². The van der Waals surface area contributed by atoms with Gasteiger partial charge in [-0.1, -0.05) is 54.6 Å². The van der Waals surface area contributed by atoms with E-state index in [4.69, 9.17) is 36.3 Å². The molecule has 113 heavy (non-hydrogen) atoms. The number of pyridine rings is 7. The minimum Gasteiger partial charge on any atom is -0.497 e. The number of ether oxygens (including phenoxy) is 1. The Hall–Kier alpha value is -8.64. The topological polar surface area (TPSA) is 156 Å². The predicted octanol–water partition coefficient (Wildman–Crippen LogP) is 15.5. The fourth-order valence-corrected chi connectivity index (χ4v) is 20.0. The number of methoxy groups -OCH3 is 1. The lowest BCUT2D eigenvalue weighted by molar-refractivity contribution is 0.0430. The van der Waals surface area contributed by atoms with Crippen molar-refractivity contribution < 1.29 is 13.5 Å². The number of aryl methyl sites for hydroxylation is 4. The summed E-state index contributed by atoms with van der Waals surface area (Å²) in [6, 6.07) is 44.3. The van der Waals surface area contributed by atoms with E-state index in [2.05, 4.69) is 172 Å². The fourth-order valence-electron chi connectivity index (χ4n) is 19.8. The Balaban J connectivity index is 0.000000108. The number of anilines is 1. The Labute approximate surface area is 670 Å². The van der Waals surface area contributed by atoms with E-state index in [1.807, 2.05) is 43.1 Å². The maximum Gasteiger partial charge on any atom is 0.199 e. The number of piperidine rings is 4. The number of imidazole rings is 3. The van der Waals surface area contributed by atoms with Gasteiger partial charge in [-0.2, -0.15) is 8.78 Å². The van der Waals surface area contributed by atoms with Gasteiger partial charge in [-0.05, 0) is 274 Å². The molecule has 6 fully saturated rings. The Kier molecular flexibility index (Phi) is 25.5. The largest absolute Gasteiger partial charge is 0.497 e. The number of aromatic nitrogens is 10. The normalized spacial score (nSPS) is 23.8.